The van der Waals surface area contributed by atoms with E-state index < -0.39 is 0 Å². The van der Waals surface area contributed by atoms with E-state index in [1.54, 1.807) is 0 Å². The third-order valence-electron chi connectivity index (χ3n) is 5.50. The summed E-state index contributed by atoms with van der Waals surface area (Å²) in [5, 5.41) is 0. The largest absolute Gasteiger partial charge is 0.459 e. The van der Waals surface area contributed by atoms with Gasteiger partial charge in [0.1, 0.15) is 5.60 Å². The molecule has 0 aromatic carbocycles. The molecule has 0 amide bonds. The quantitative estimate of drug-likeness (QED) is 0.521. The van der Waals surface area contributed by atoms with Crippen molar-refractivity contribution in [1.29, 1.82) is 0 Å². The Labute approximate surface area is 109 Å². The van der Waals surface area contributed by atoms with Gasteiger partial charge in [0, 0.05) is 25.2 Å². The second-order valence-electron chi connectivity index (χ2n) is 6.98. The fourth-order valence-corrected chi connectivity index (χ4v) is 4.55. The Morgan fingerprint density at radius 1 is 1.44 bits per heavy atom. The van der Waals surface area contributed by atoms with Gasteiger partial charge in [-0.2, -0.15) is 0 Å². The van der Waals surface area contributed by atoms with Crippen LogP contribution in [0.5, 0.6) is 0 Å². The zero-order valence-electron chi connectivity index (χ0n) is 11.7. The predicted molar refractivity (Wildman–Crippen MR) is 70.9 cm³/mol. The molecule has 3 aliphatic rings. The van der Waals surface area contributed by atoms with Crippen LogP contribution in [0.25, 0.3) is 0 Å². The number of hydrogen-bond acceptors (Lipinski definition) is 2. The number of allylic oxidation sites excluding steroid dienone is 3. The topological polar surface area (TPSA) is 26.3 Å². The van der Waals surface area contributed by atoms with Crippen LogP contribution in [0.15, 0.2) is 23.8 Å². The van der Waals surface area contributed by atoms with Gasteiger partial charge in [-0.05, 0) is 24.7 Å². The highest BCUT2D eigenvalue weighted by Gasteiger charge is 2.62. The molecular weight excluding hydrogens is 224 g/mol. The summed E-state index contributed by atoms with van der Waals surface area (Å²) in [6.45, 7) is 8.42. The maximum atomic E-state index is 11.4. The van der Waals surface area contributed by atoms with Crippen molar-refractivity contribution in [3.63, 3.8) is 0 Å². The van der Waals surface area contributed by atoms with Gasteiger partial charge in [-0.25, -0.2) is 0 Å². The van der Waals surface area contributed by atoms with E-state index in [1.807, 2.05) is 0 Å². The summed E-state index contributed by atoms with van der Waals surface area (Å²) in [5.41, 5.74) is 1.60. The Kier molecular flexibility index (Phi) is 2.19. The molecule has 0 aliphatic heterocycles. The minimum absolute atomic E-state index is 0.140. The van der Waals surface area contributed by atoms with E-state index in [0.29, 0.717) is 5.92 Å². The van der Waals surface area contributed by atoms with E-state index in [4.69, 9.17) is 4.74 Å². The summed E-state index contributed by atoms with van der Waals surface area (Å²) in [6, 6.07) is 0. The van der Waals surface area contributed by atoms with Crippen molar-refractivity contribution in [3.8, 4) is 0 Å². The van der Waals surface area contributed by atoms with Gasteiger partial charge >= 0.3 is 5.97 Å². The summed E-state index contributed by atoms with van der Waals surface area (Å²) in [4.78, 5) is 11.4. The summed E-state index contributed by atoms with van der Waals surface area (Å²) >= 11 is 0. The Morgan fingerprint density at radius 2 is 2.17 bits per heavy atom. The van der Waals surface area contributed by atoms with Gasteiger partial charge < -0.3 is 4.74 Å². The predicted octanol–water partition coefficient (Wildman–Crippen LogP) is 3.63. The average molecular weight is 246 g/mol. The smallest absolute Gasteiger partial charge is 0.303 e. The normalized spacial score (nSPS) is 43.6. The highest BCUT2D eigenvalue weighted by atomic mass is 16.6. The summed E-state index contributed by atoms with van der Waals surface area (Å²) in [7, 11) is 0. The molecule has 2 heteroatoms. The number of hydrogen-bond donors (Lipinski definition) is 0. The number of esters is 1. The first-order chi connectivity index (χ1) is 8.30. The van der Waals surface area contributed by atoms with E-state index >= 15 is 0 Å². The van der Waals surface area contributed by atoms with Crippen molar-refractivity contribution in [2.45, 2.75) is 52.6 Å². The molecule has 0 saturated heterocycles. The van der Waals surface area contributed by atoms with E-state index in [9.17, 15) is 4.79 Å². The second-order valence-corrected chi connectivity index (χ2v) is 6.98. The van der Waals surface area contributed by atoms with E-state index in [2.05, 4.69) is 39.0 Å². The number of carbonyl (C=O) groups excluding carboxylic acids is 1. The third-order valence-corrected chi connectivity index (χ3v) is 5.50. The number of ether oxygens (including phenoxy) is 1. The van der Waals surface area contributed by atoms with Crippen molar-refractivity contribution >= 4 is 5.97 Å². The first-order valence-electron chi connectivity index (χ1n) is 6.87. The first kappa shape index (κ1) is 12.0. The van der Waals surface area contributed by atoms with Gasteiger partial charge in [-0.15, -0.1) is 0 Å². The number of fused-ring (bicyclic) bond motifs is 1. The van der Waals surface area contributed by atoms with Crippen molar-refractivity contribution < 1.29 is 9.53 Å². The van der Waals surface area contributed by atoms with Crippen molar-refractivity contribution in [2.75, 3.05) is 0 Å². The SMILES string of the molecule is CC(=O)O[C@@]12CC=C[C@]3(C=C(C)C(C)(C)[C@@H]3C1)C2. The minimum atomic E-state index is -0.236. The lowest BCUT2D eigenvalue weighted by atomic mass is 9.70. The summed E-state index contributed by atoms with van der Waals surface area (Å²) in [5.74, 6) is 0.432. The molecule has 3 rings (SSSR count). The summed E-state index contributed by atoms with van der Waals surface area (Å²) in [6.07, 6.45) is 9.87. The zero-order valence-corrected chi connectivity index (χ0v) is 11.7. The maximum absolute atomic E-state index is 11.4. The molecule has 0 aromatic rings. The van der Waals surface area contributed by atoms with Gasteiger partial charge in [0.05, 0.1) is 0 Å². The Balaban J connectivity index is 2.03. The van der Waals surface area contributed by atoms with Gasteiger partial charge in [0.15, 0.2) is 0 Å². The van der Waals surface area contributed by atoms with E-state index in [-0.39, 0.29) is 22.4 Å². The molecule has 0 radical (unpaired) electrons. The van der Waals surface area contributed by atoms with Crippen LogP contribution in [0.2, 0.25) is 0 Å². The zero-order chi connectivity index (χ0) is 13.2. The van der Waals surface area contributed by atoms with E-state index in [1.165, 1.54) is 12.5 Å². The number of rotatable bonds is 1. The first-order valence-corrected chi connectivity index (χ1v) is 6.87. The molecule has 0 heterocycles. The molecule has 0 N–H and O–H groups in total. The average Bonchev–Trinajstić information content (AvgIpc) is 2.53. The summed E-state index contributed by atoms with van der Waals surface area (Å²) < 4.78 is 5.71. The molecule has 1 fully saturated rings. The number of carbonyl (C=O) groups is 1. The molecule has 2 nitrogen and oxygen atoms in total. The minimum Gasteiger partial charge on any atom is -0.459 e. The fourth-order valence-electron chi connectivity index (χ4n) is 4.55. The van der Waals surface area contributed by atoms with Gasteiger partial charge in [0.2, 0.25) is 0 Å². The molecule has 3 atom stereocenters. The second kappa shape index (κ2) is 3.28. The van der Waals surface area contributed by atoms with Crippen LogP contribution in [0.3, 0.4) is 0 Å². The molecule has 98 valence electrons. The molecular formula is C16H22O2. The van der Waals surface area contributed by atoms with Gasteiger partial charge in [0.25, 0.3) is 0 Å². The molecule has 3 aliphatic carbocycles. The molecule has 1 spiro atoms. The monoisotopic (exact) mass is 246 g/mol. The molecule has 1 saturated carbocycles. The van der Waals surface area contributed by atoms with Crippen LogP contribution in [-0.4, -0.2) is 11.6 Å². The lowest BCUT2D eigenvalue weighted by Gasteiger charge is -2.34. The van der Waals surface area contributed by atoms with Gasteiger partial charge in [-0.3, -0.25) is 4.79 Å². The molecule has 0 aromatic heterocycles. The maximum Gasteiger partial charge on any atom is 0.303 e. The van der Waals surface area contributed by atoms with Crippen LogP contribution in [0.1, 0.15) is 47.0 Å². The Hall–Kier alpha value is -1.05. The van der Waals surface area contributed by atoms with Crippen LogP contribution in [0.4, 0.5) is 0 Å². The standard InChI is InChI=1S/C16H22O2/c1-11-8-15-6-5-7-16(10-15,18-12(2)17)9-13(15)14(11,3)4/h5-6,8,13H,7,9-10H2,1-4H3/t13-,15-,16-/m0/s1. The highest BCUT2D eigenvalue weighted by molar-refractivity contribution is 5.67. The van der Waals surface area contributed by atoms with Crippen molar-refractivity contribution in [3.05, 3.63) is 23.8 Å². The lowest BCUT2D eigenvalue weighted by Crippen LogP contribution is -2.34. The molecule has 0 unspecified atom stereocenters. The van der Waals surface area contributed by atoms with Crippen LogP contribution in [0, 0.1) is 16.7 Å². The van der Waals surface area contributed by atoms with Gasteiger partial charge in [-0.1, -0.05) is 37.6 Å². The van der Waals surface area contributed by atoms with Crippen LogP contribution >= 0.6 is 0 Å². The van der Waals surface area contributed by atoms with E-state index in [0.717, 1.165) is 19.3 Å². The van der Waals surface area contributed by atoms with Crippen molar-refractivity contribution in [2.24, 2.45) is 16.7 Å². The Morgan fingerprint density at radius 3 is 2.83 bits per heavy atom. The highest BCUT2D eigenvalue weighted by Crippen LogP contribution is 2.67. The van der Waals surface area contributed by atoms with Crippen LogP contribution in [-0.2, 0) is 9.53 Å². The van der Waals surface area contributed by atoms with Crippen LogP contribution < -0.4 is 0 Å². The lowest BCUT2D eigenvalue weighted by molar-refractivity contribution is -0.157. The molecule has 18 heavy (non-hydrogen) atoms. The Bertz CT molecular complexity index is 471. The molecule has 2 bridgehead atoms. The van der Waals surface area contributed by atoms with Crippen molar-refractivity contribution in [1.82, 2.24) is 0 Å². The fraction of sp³-hybridized carbons (Fsp3) is 0.688. The third kappa shape index (κ3) is 1.38.